The summed E-state index contributed by atoms with van der Waals surface area (Å²) in [5.41, 5.74) is 0.450. The van der Waals surface area contributed by atoms with Crippen LogP contribution < -0.4 is 0 Å². The maximum Gasteiger partial charge on any atom is 0.188 e. The van der Waals surface area contributed by atoms with Crippen molar-refractivity contribution >= 4 is 5.78 Å². The molecule has 0 unspecified atom stereocenters. The second-order valence-electron chi connectivity index (χ2n) is 2.33. The van der Waals surface area contributed by atoms with E-state index in [9.17, 15) is 4.79 Å². The quantitative estimate of drug-likeness (QED) is 0.457. The van der Waals surface area contributed by atoms with Gasteiger partial charge in [-0.2, -0.15) is 0 Å². The van der Waals surface area contributed by atoms with E-state index >= 15 is 0 Å². The van der Waals surface area contributed by atoms with Crippen molar-refractivity contribution in [3.05, 3.63) is 23.7 Å². The molecule has 0 saturated carbocycles. The Bertz CT molecular complexity index is 225. The Morgan fingerprint density at radius 2 is 2.36 bits per heavy atom. The number of methoxy groups -OCH3 is 1. The van der Waals surface area contributed by atoms with Crippen LogP contribution >= 0.6 is 0 Å². The molecule has 0 aromatic carbocycles. The number of ketones is 1. The van der Waals surface area contributed by atoms with E-state index in [2.05, 4.69) is 0 Å². The first-order valence-electron chi connectivity index (χ1n) is 3.40. The van der Waals surface area contributed by atoms with Gasteiger partial charge in [0.25, 0.3) is 0 Å². The van der Waals surface area contributed by atoms with Crippen LogP contribution in [0.4, 0.5) is 0 Å². The number of aliphatic hydroxyl groups excluding tert-OH is 1. The van der Waals surface area contributed by atoms with Crippen LogP contribution in [0, 0.1) is 0 Å². The van der Waals surface area contributed by atoms with Gasteiger partial charge in [0, 0.05) is 18.1 Å². The van der Waals surface area contributed by atoms with E-state index in [1.165, 1.54) is 13.2 Å². The molecule has 1 rings (SSSR count). The van der Waals surface area contributed by atoms with Gasteiger partial charge in [-0.1, -0.05) is 0 Å². The Morgan fingerprint density at radius 1 is 1.64 bits per heavy atom. The highest BCUT2D eigenvalue weighted by Crippen LogP contribution is 2.19. The third kappa shape index (κ3) is 1.61. The molecule has 0 fully saturated rings. The van der Waals surface area contributed by atoms with Gasteiger partial charge in [0.2, 0.25) is 0 Å². The number of allylic oxidation sites excluding steroid dienone is 3. The van der Waals surface area contributed by atoms with Gasteiger partial charge in [0.05, 0.1) is 19.1 Å². The van der Waals surface area contributed by atoms with Crippen LogP contribution in [0.25, 0.3) is 0 Å². The second-order valence-corrected chi connectivity index (χ2v) is 2.33. The van der Waals surface area contributed by atoms with Crippen molar-refractivity contribution in [1.82, 2.24) is 0 Å². The predicted octanol–water partition coefficient (Wildman–Crippen LogP) is 1.32. The van der Waals surface area contributed by atoms with Gasteiger partial charge >= 0.3 is 0 Å². The molecule has 0 atom stereocenters. The van der Waals surface area contributed by atoms with Crippen molar-refractivity contribution in [2.75, 3.05) is 7.11 Å². The average Bonchev–Trinajstić information content (AvgIpc) is 2.04. The summed E-state index contributed by atoms with van der Waals surface area (Å²) >= 11 is 0. The summed E-state index contributed by atoms with van der Waals surface area (Å²) in [5.74, 6) is 0.524. The monoisotopic (exact) mass is 154 g/mol. The van der Waals surface area contributed by atoms with Crippen LogP contribution in [0.2, 0.25) is 0 Å². The molecule has 0 aromatic heterocycles. The van der Waals surface area contributed by atoms with E-state index in [0.717, 1.165) is 6.26 Å². The first-order valence-corrected chi connectivity index (χ1v) is 3.40. The summed E-state index contributed by atoms with van der Waals surface area (Å²) in [6.07, 6.45) is 3.53. The molecule has 0 saturated heterocycles. The van der Waals surface area contributed by atoms with Crippen molar-refractivity contribution in [3.8, 4) is 0 Å². The Balaban J connectivity index is 2.78. The van der Waals surface area contributed by atoms with E-state index in [1.807, 2.05) is 0 Å². The minimum absolute atomic E-state index is 0.157. The fourth-order valence-electron chi connectivity index (χ4n) is 0.981. The van der Waals surface area contributed by atoms with Crippen molar-refractivity contribution < 1.29 is 14.6 Å². The number of aliphatic hydroxyl groups is 1. The lowest BCUT2D eigenvalue weighted by molar-refractivity contribution is -0.112. The molecule has 0 aliphatic heterocycles. The zero-order valence-corrected chi connectivity index (χ0v) is 6.33. The summed E-state index contributed by atoms with van der Waals surface area (Å²) in [6.45, 7) is 0. The molecular formula is C8H10O3. The summed E-state index contributed by atoms with van der Waals surface area (Å²) in [5, 5.41) is 8.57. The largest absolute Gasteiger partial charge is 0.515 e. The number of carbonyl (C=O) groups is 1. The van der Waals surface area contributed by atoms with Gasteiger partial charge in [0.1, 0.15) is 0 Å². The summed E-state index contributed by atoms with van der Waals surface area (Å²) < 4.78 is 4.89. The summed E-state index contributed by atoms with van der Waals surface area (Å²) in [6, 6.07) is 0. The van der Waals surface area contributed by atoms with Gasteiger partial charge in [-0.05, 0) is 6.42 Å². The molecule has 0 radical (unpaired) electrons. The lowest BCUT2D eigenvalue weighted by Crippen LogP contribution is -2.07. The lowest BCUT2D eigenvalue weighted by atomic mass is 10.00. The number of carbonyl (C=O) groups excluding carboxylic acids is 1. The zero-order chi connectivity index (χ0) is 8.27. The van der Waals surface area contributed by atoms with E-state index in [-0.39, 0.29) is 5.78 Å². The molecule has 3 heteroatoms. The molecule has 60 valence electrons. The third-order valence-corrected chi connectivity index (χ3v) is 1.67. The standard InChI is InChI=1S/C8H10O3/c1-11-7-3-2-6(5-9)8(10)4-7/h4-5,9H,2-3H2,1H3/b6-5-. The third-order valence-electron chi connectivity index (χ3n) is 1.67. The van der Waals surface area contributed by atoms with Gasteiger partial charge in [-0.3, -0.25) is 4.79 Å². The van der Waals surface area contributed by atoms with E-state index in [1.54, 1.807) is 0 Å². The fourth-order valence-corrected chi connectivity index (χ4v) is 0.981. The molecule has 0 aromatic rings. The normalized spacial score (nSPS) is 21.7. The Labute approximate surface area is 65.0 Å². The van der Waals surface area contributed by atoms with Crippen LogP contribution in [0.3, 0.4) is 0 Å². The zero-order valence-electron chi connectivity index (χ0n) is 6.33. The summed E-state index contributed by atoms with van der Waals surface area (Å²) in [7, 11) is 1.53. The van der Waals surface area contributed by atoms with Gasteiger partial charge in [0.15, 0.2) is 5.78 Å². The Morgan fingerprint density at radius 3 is 2.82 bits per heavy atom. The molecule has 0 bridgehead atoms. The molecule has 1 aliphatic rings. The molecular weight excluding hydrogens is 144 g/mol. The maximum atomic E-state index is 11.0. The van der Waals surface area contributed by atoms with Crippen molar-refractivity contribution in [3.63, 3.8) is 0 Å². The minimum Gasteiger partial charge on any atom is -0.515 e. The molecule has 1 N–H and O–H groups in total. The number of hydrogen-bond donors (Lipinski definition) is 1. The van der Waals surface area contributed by atoms with E-state index in [4.69, 9.17) is 9.84 Å². The molecule has 0 spiro atoms. The van der Waals surface area contributed by atoms with E-state index < -0.39 is 0 Å². The number of hydrogen-bond acceptors (Lipinski definition) is 3. The molecule has 1 aliphatic carbocycles. The highest BCUT2D eigenvalue weighted by Gasteiger charge is 2.15. The van der Waals surface area contributed by atoms with Crippen LogP contribution in [-0.4, -0.2) is 18.0 Å². The SMILES string of the molecule is COC1=CC(=O)/C(=C\O)CC1. The van der Waals surface area contributed by atoms with Crippen molar-refractivity contribution in [2.45, 2.75) is 12.8 Å². The number of rotatable bonds is 1. The first-order chi connectivity index (χ1) is 5.27. The minimum atomic E-state index is -0.157. The average molecular weight is 154 g/mol. The Hall–Kier alpha value is -1.25. The first kappa shape index (κ1) is 7.85. The fraction of sp³-hybridized carbons (Fsp3) is 0.375. The van der Waals surface area contributed by atoms with Crippen molar-refractivity contribution in [1.29, 1.82) is 0 Å². The highest BCUT2D eigenvalue weighted by atomic mass is 16.5. The molecule has 11 heavy (non-hydrogen) atoms. The summed E-state index contributed by atoms with van der Waals surface area (Å²) in [4.78, 5) is 11.0. The predicted molar refractivity (Wildman–Crippen MR) is 40.0 cm³/mol. The molecule has 3 nitrogen and oxygen atoms in total. The van der Waals surface area contributed by atoms with Gasteiger partial charge in [-0.15, -0.1) is 0 Å². The second kappa shape index (κ2) is 3.23. The molecule has 0 amide bonds. The maximum absolute atomic E-state index is 11.0. The van der Waals surface area contributed by atoms with Gasteiger partial charge in [-0.25, -0.2) is 0 Å². The highest BCUT2D eigenvalue weighted by molar-refractivity contribution is 6.04. The Kier molecular flexibility index (Phi) is 2.31. The van der Waals surface area contributed by atoms with Crippen LogP contribution in [-0.2, 0) is 9.53 Å². The van der Waals surface area contributed by atoms with E-state index in [0.29, 0.717) is 24.2 Å². The number of ether oxygens (including phenoxy) is 1. The smallest absolute Gasteiger partial charge is 0.188 e. The van der Waals surface area contributed by atoms with Crippen LogP contribution in [0.15, 0.2) is 23.7 Å². The van der Waals surface area contributed by atoms with Crippen molar-refractivity contribution in [2.24, 2.45) is 0 Å². The van der Waals surface area contributed by atoms with Crippen LogP contribution in [0.1, 0.15) is 12.8 Å². The topological polar surface area (TPSA) is 46.5 Å². The van der Waals surface area contributed by atoms with Gasteiger partial charge < -0.3 is 9.84 Å². The molecule has 0 heterocycles. The lowest BCUT2D eigenvalue weighted by Gasteiger charge is -2.11. The van der Waals surface area contributed by atoms with Crippen LogP contribution in [0.5, 0.6) is 0 Å².